The molecule has 0 atom stereocenters. The van der Waals surface area contributed by atoms with Crippen molar-refractivity contribution >= 4 is 17.7 Å². The van der Waals surface area contributed by atoms with E-state index in [4.69, 9.17) is 11.6 Å². The van der Waals surface area contributed by atoms with Gasteiger partial charge in [-0.25, -0.2) is 0 Å². The molecule has 0 N–H and O–H groups in total. The lowest BCUT2D eigenvalue weighted by molar-refractivity contribution is 1.66. The molecule has 1 heteroatoms. The van der Waals surface area contributed by atoms with Crippen molar-refractivity contribution in [2.24, 2.45) is 0 Å². The van der Waals surface area contributed by atoms with Gasteiger partial charge in [0.1, 0.15) is 0 Å². The second-order valence-corrected chi connectivity index (χ2v) is 1.88. The highest BCUT2D eigenvalue weighted by atomic mass is 35.5. The van der Waals surface area contributed by atoms with Crippen LogP contribution in [0.25, 0.3) is 6.08 Å². The predicted octanol–water partition coefficient (Wildman–Crippen LogP) is 2.70. The van der Waals surface area contributed by atoms with Crippen LogP contribution in [0.4, 0.5) is 0 Å². The summed E-state index contributed by atoms with van der Waals surface area (Å²) in [4.78, 5) is 0. The molecule has 1 aromatic carbocycles. The lowest BCUT2D eigenvalue weighted by atomic mass is 10.2. The Morgan fingerprint density at radius 1 is 1.22 bits per heavy atom. The molecule has 0 amide bonds. The van der Waals surface area contributed by atoms with Gasteiger partial charge in [-0.2, -0.15) is 0 Å². The van der Waals surface area contributed by atoms with E-state index in [-0.39, 0.29) is 0 Å². The summed E-state index contributed by atoms with van der Waals surface area (Å²) in [6.07, 6.45) is 1.72. The molecule has 45 valence electrons. The van der Waals surface area contributed by atoms with E-state index in [0.717, 1.165) is 5.56 Å². The lowest BCUT2D eigenvalue weighted by Crippen LogP contribution is -1.65. The van der Waals surface area contributed by atoms with Crippen LogP contribution < -0.4 is 0 Å². The van der Waals surface area contributed by atoms with E-state index in [2.05, 4.69) is 5.54 Å². The molecular formula is C8H6Cl. The maximum absolute atomic E-state index is 5.23. The van der Waals surface area contributed by atoms with E-state index < -0.39 is 0 Å². The Morgan fingerprint density at radius 2 is 1.89 bits per heavy atom. The van der Waals surface area contributed by atoms with Gasteiger partial charge in [-0.15, -0.1) is 0 Å². The second-order valence-electron chi connectivity index (χ2n) is 1.66. The summed E-state index contributed by atoms with van der Waals surface area (Å²) >= 11 is 5.23. The van der Waals surface area contributed by atoms with Crippen LogP contribution in [-0.4, -0.2) is 0 Å². The molecule has 0 nitrogen and oxygen atoms in total. The van der Waals surface area contributed by atoms with Crippen molar-refractivity contribution in [1.29, 1.82) is 0 Å². The Balaban J connectivity index is 2.85. The van der Waals surface area contributed by atoms with Gasteiger partial charge in [-0.05, 0) is 11.6 Å². The van der Waals surface area contributed by atoms with Crippen LogP contribution in [0.5, 0.6) is 0 Å². The van der Waals surface area contributed by atoms with Crippen LogP contribution >= 0.6 is 11.6 Å². The first-order chi connectivity index (χ1) is 4.43. The zero-order chi connectivity index (χ0) is 6.53. The van der Waals surface area contributed by atoms with Crippen molar-refractivity contribution in [2.45, 2.75) is 0 Å². The smallest absolute Gasteiger partial charge is 0.0598 e. The molecule has 0 aliphatic carbocycles. The summed E-state index contributed by atoms with van der Waals surface area (Å²) in [6.45, 7) is 0. The highest BCUT2D eigenvalue weighted by Gasteiger charge is 1.78. The Labute approximate surface area is 59.8 Å². The average molecular weight is 138 g/mol. The number of benzene rings is 1. The van der Waals surface area contributed by atoms with Crippen LogP contribution in [0.2, 0.25) is 0 Å². The molecule has 0 aromatic heterocycles. The first-order valence-corrected chi connectivity index (χ1v) is 3.05. The SMILES string of the molecule is Cl/[C]=C\c1ccccc1. The van der Waals surface area contributed by atoms with Gasteiger partial charge in [0.25, 0.3) is 0 Å². The third-order valence-corrected chi connectivity index (χ3v) is 1.13. The molecule has 1 aromatic rings. The number of rotatable bonds is 1. The molecule has 0 saturated carbocycles. The normalized spacial score (nSPS) is 10.3. The minimum absolute atomic E-state index is 1.08. The van der Waals surface area contributed by atoms with Crippen molar-refractivity contribution < 1.29 is 0 Å². The van der Waals surface area contributed by atoms with E-state index in [0.29, 0.717) is 0 Å². The van der Waals surface area contributed by atoms with Gasteiger partial charge >= 0.3 is 0 Å². The molecule has 0 aliphatic rings. The van der Waals surface area contributed by atoms with Crippen molar-refractivity contribution in [2.75, 3.05) is 0 Å². The third kappa shape index (κ3) is 1.90. The molecule has 0 heterocycles. The molecule has 1 radical (unpaired) electrons. The fourth-order valence-electron chi connectivity index (χ4n) is 0.612. The summed E-state index contributed by atoms with van der Waals surface area (Å²) in [5.74, 6) is 0. The first kappa shape index (κ1) is 6.37. The highest BCUT2D eigenvalue weighted by molar-refractivity contribution is 6.23. The van der Waals surface area contributed by atoms with E-state index in [1.165, 1.54) is 0 Å². The van der Waals surface area contributed by atoms with E-state index in [1.54, 1.807) is 6.08 Å². The largest absolute Gasteiger partial charge is 0.0827 e. The van der Waals surface area contributed by atoms with Crippen LogP contribution in [0, 0.1) is 5.54 Å². The van der Waals surface area contributed by atoms with Crippen molar-refractivity contribution in [1.82, 2.24) is 0 Å². The monoisotopic (exact) mass is 137 g/mol. The average Bonchev–Trinajstić information content (AvgIpc) is 1.91. The predicted molar refractivity (Wildman–Crippen MR) is 40.0 cm³/mol. The van der Waals surface area contributed by atoms with Gasteiger partial charge in [0.2, 0.25) is 0 Å². The van der Waals surface area contributed by atoms with Gasteiger partial charge in [-0.3, -0.25) is 0 Å². The first-order valence-electron chi connectivity index (χ1n) is 2.68. The summed E-state index contributed by atoms with van der Waals surface area (Å²) < 4.78 is 0. The van der Waals surface area contributed by atoms with Crippen LogP contribution in [0.15, 0.2) is 30.3 Å². The van der Waals surface area contributed by atoms with E-state index >= 15 is 0 Å². The standard InChI is InChI=1S/C8H6Cl/c9-7-6-8-4-2-1-3-5-8/h1-6H. The summed E-state index contributed by atoms with van der Waals surface area (Å²) in [7, 11) is 0. The quantitative estimate of drug-likeness (QED) is 0.558. The molecule has 0 saturated heterocycles. The Hall–Kier alpha value is -0.750. The fourth-order valence-corrected chi connectivity index (χ4v) is 0.738. The molecule has 0 aliphatic heterocycles. The molecule has 0 fully saturated rings. The minimum Gasteiger partial charge on any atom is -0.0827 e. The van der Waals surface area contributed by atoms with Crippen molar-refractivity contribution in [3.63, 3.8) is 0 Å². The van der Waals surface area contributed by atoms with E-state index in [9.17, 15) is 0 Å². The molecular weight excluding hydrogens is 132 g/mol. The van der Waals surface area contributed by atoms with Gasteiger partial charge in [-0.1, -0.05) is 41.9 Å². The number of hydrogen-bond donors (Lipinski definition) is 0. The van der Waals surface area contributed by atoms with Gasteiger partial charge in [0, 0.05) is 0 Å². The lowest BCUT2D eigenvalue weighted by Gasteiger charge is -1.85. The van der Waals surface area contributed by atoms with E-state index in [1.807, 2.05) is 30.3 Å². The Morgan fingerprint density at radius 3 is 2.44 bits per heavy atom. The van der Waals surface area contributed by atoms with Crippen molar-refractivity contribution in [3.05, 3.63) is 41.4 Å². The summed E-state index contributed by atoms with van der Waals surface area (Å²) in [5, 5.41) is 0. The fraction of sp³-hybridized carbons (Fsp3) is 0. The van der Waals surface area contributed by atoms with Crippen LogP contribution in [0.1, 0.15) is 5.56 Å². The molecule has 1 rings (SSSR count). The van der Waals surface area contributed by atoms with Gasteiger partial charge in [0.05, 0.1) is 5.54 Å². The van der Waals surface area contributed by atoms with Crippen LogP contribution in [-0.2, 0) is 0 Å². The molecule has 0 spiro atoms. The van der Waals surface area contributed by atoms with Crippen molar-refractivity contribution in [3.8, 4) is 0 Å². The zero-order valence-corrected chi connectivity index (χ0v) is 5.60. The molecule has 0 unspecified atom stereocenters. The topological polar surface area (TPSA) is 0 Å². The van der Waals surface area contributed by atoms with Gasteiger partial charge in [0.15, 0.2) is 0 Å². The molecule has 9 heavy (non-hydrogen) atoms. The number of hydrogen-bond acceptors (Lipinski definition) is 0. The second kappa shape index (κ2) is 3.31. The highest BCUT2D eigenvalue weighted by Crippen LogP contribution is 2.00. The maximum atomic E-state index is 5.23. The van der Waals surface area contributed by atoms with Crippen LogP contribution in [0.3, 0.4) is 0 Å². The number of halogens is 1. The summed E-state index contributed by atoms with van der Waals surface area (Å²) in [5.41, 5.74) is 3.51. The minimum atomic E-state index is 1.08. The zero-order valence-electron chi connectivity index (χ0n) is 4.84. The Bertz CT molecular complexity index is 189. The summed E-state index contributed by atoms with van der Waals surface area (Å²) in [6, 6.07) is 9.82. The third-order valence-electron chi connectivity index (χ3n) is 1.02. The Kier molecular flexibility index (Phi) is 2.34. The molecule has 0 bridgehead atoms. The van der Waals surface area contributed by atoms with Gasteiger partial charge < -0.3 is 0 Å². The maximum Gasteiger partial charge on any atom is 0.0598 e.